The summed E-state index contributed by atoms with van der Waals surface area (Å²) in [7, 11) is 6.50. The molecule has 44 heavy (non-hydrogen) atoms. The number of carbonyl (C=O) groups is 1. The second kappa shape index (κ2) is 13.9. The quantitative estimate of drug-likeness (QED) is 0.186. The molecular formula is C33H39N3O8. The average Bonchev–Trinajstić information content (AvgIpc) is 3.49. The fourth-order valence-electron chi connectivity index (χ4n) is 5.64. The van der Waals surface area contributed by atoms with Gasteiger partial charge in [-0.3, -0.25) is 4.98 Å². The zero-order chi connectivity index (χ0) is 31.2. The predicted molar refractivity (Wildman–Crippen MR) is 164 cm³/mol. The number of pyridine rings is 1. The summed E-state index contributed by atoms with van der Waals surface area (Å²) in [5.74, 6) is 2.36. The molecule has 4 aromatic rings. The summed E-state index contributed by atoms with van der Waals surface area (Å²) in [5, 5.41) is 0. The van der Waals surface area contributed by atoms with Gasteiger partial charge in [0.05, 0.1) is 60.4 Å². The van der Waals surface area contributed by atoms with E-state index in [2.05, 4.69) is 4.98 Å². The topological polar surface area (TPSA) is 115 Å². The number of carbonyl (C=O) groups excluding carboxylic acids is 1. The number of fused-ring (bicyclic) bond motifs is 1. The third-order valence-corrected chi connectivity index (χ3v) is 7.80. The first-order chi connectivity index (χ1) is 21.4. The van der Waals surface area contributed by atoms with Crippen LogP contribution < -0.4 is 23.8 Å². The van der Waals surface area contributed by atoms with E-state index >= 15 is 0 Å². The van der Waals surface area contributed by atoms with Crippen molar-refractivity contribution in [3.05, 3.63) is 65.5 Å². The van der Waals surface area contributed by atoms with Crippen molar-refractivity contribution >= 4 is 23.1 Å². The monoisotopic (exact) mass is 605 g/mol. The number of oxazole rings is 1. The van der Waals surface area contributed by atoms with Crippen molar-refractivity contribution in [2.75, 3.05) is 39.9 Å². The van der Waals surface area contributed by atoms with E-state index in [0.717, 1.165) is 16.7 Å². The van der Waals surface area contributed by atoms with Crippen LogP contribution in [0.3, 0.4) is 0 Å². The molecule has 1 fully saturated rings. The van der Waals surface area contributed by atoms with Crippen molar-refractivity contribution in [3.63, 3.8) is 0 Å². The molecule has 0 spiro atoms. The van der Waals surface area contributed by atoms with Crippen molar-refractivity contribution in [2.45, 2.75) is 57.9 Å². The third kappa shape index (κ3) is 6.67. The number of aromatic nitrogens is 2. The van der Waals surface area contributed by atoms with Crippen molar-refractivity contribution < 1.29 is 37.6 Å². The van der Waals surface area contributed by atoms with Gasteiger partial charge in [-0.2, -0.15) is 4.98 Å². The fourth-order valence-corrected chi connectivity index (χ4v) is 5.64. The van der Waals surface area contributed by atoms with Gasteiger partial charge in [-0.15, -0.1) is 0 Å². The van der Waals surface area contributed by atoms with Gasteiger partial charge in [0, 0.05) is 35.0 Å². The van der Waals surface area contributed by atoms with Gasteiger partial charge < -0.3 is 37.7 Å². The molecule has 2 aromatic heterocycles. The number of hydrogen-bond donors (Lipinski definition) is 0. The molecule has 0 saturated carbocycles. The lowest BCUT2D eigenvalue weighted by atomic mass is 9.86. The summed E-state index contributed by atoms with van der Waals surface area (Å²) >= 11 is 0. The number of nitrogens with zero attached hydrogens (tertiary/aromatic N) is 3. The Bertz CT molecular complexity index is 1530. The van der Waals surface area contributed by atoms with Gasteiger partial charge in [0.15, 0.2) is 11.7 Å². The summed E-state index contributed by atoms with van der Waals surface area (Å²) in [4.78, 5) is 24.0. The average molecular weight is 606 g/mol. The fraction of sp³-hybridized carbons (Fsp3) is 0.424. The van der Waals surface area contributed by atoms with Crippen LogP contribution in [0.5, 0.6) is 23.0 Å². The highest BCUT2D eigenvalue weighted by Crippen LogP contribution is 2.39. The molecule has 0 aliphatic carbocycles. The van der Waals surface area contributed by atoms with Crippen molar-refractivity contribution in [1.82, 2.24) is 9.97 Å². The highest BCUT2D eigenvalue weighted by atomic mass is 16.6. The maximum atomic E-state index is 12.6. The summed E-state index contributed by atoms with van der Waals surface area (Å²) in [6, 6.07) is 11.8. The maximum Gasteiger partial charge on any atom is 0.335 e. The SMILES string of the molecule is CCOC(=O)C1CC(c2cncc3nc(N(Cc4ccc(OC)cc4OC)Cc4ccc(OC)cc4OC)oc23)CC(C)O1. The molecule has 3 heterocycles. The van der Waals surface area contributed by atoms with E-state index in [1.165, 1.54) is 0 Å². The molecule has 11 nitrogen and oxygen atoms in total. The Morgan fingerprint density at radius 1 is 0.909 bits per heavy atom. The van der Waals surface area contributed by atoms with E-state index in [4.69, 9.17) is 37.8 Å². The smallest absolute Gasteiger partial charge is 0.335 e. The molecule has 0 bridgehead atoms. The van der Waals surface area contributed by atoms with Crippen LogP contribution in [0, 0.1) is 0 Å². The minimum atomic E-state index is -0.650. The summed E-state index contributed by atoms with van der Waals surface area (Å²) < 4.78 is 40.0. The molecule has 2 aromatic carbocycles. The highest BCUT2D eigenvalue weighted by molar-refractivity contribution is 5.78. The molecule has 1 aliphatic rings. The predicted octanol–water partition coefficient (Wildman–Crippen LogP) is 5.68. The van der Waals surface area contributed by atoms with Crippen LogP contribution in [0.4, 0.5) is 6.01 Å². The molecule has 11 heteroatoms. The number of methoxy groups -OCH3 is 4. The number of anilines is 1. The van der Waals surface area contributed by atoms with E-state index in [1.807, 2.05) is 48.2 Å². The Kier molecular flexibility index (Phi) is 9.74. The van der Waals surface area contributed by atoms with Gasteiger partial charge in [0.2, 0.25) is 0 Å². The van der Waals surface area contributed by atoms with Gasteiger partial charge in [-0.05, 0) is 56.9 Å². The summed E-state index contributed by atoms with van der Waals surface area (Å²) in [5.41, 5.74) is 3.96. The first-order valence-electron chi connectivity index (χ1n) is 14.6. The van der Waals surface area contributed by atoms with Crippen LogP contribution in [0.1, 0.15) is 49.3 Å². The summed E-state index contributed by atoms with van der Waals surface area (Å²) in [6.07, 6.45) is 3.88. The lowest BCUT2D eigenvalue weighted by Gasteiger charge is -2.32. The molecule has 0 amide bonds. The number of hydrogen-bond acceptors (Lipinski definition) is 11. The molecule has 0 radical (unpaired) electrons. The Morgan fingerprint density at radius 2 is 1.55 bits per heavy atom. The van der Waals surface area contributed by atoms with Gasteiger partial charge in [-0.25, -0.2) is 4.79 Å². The maximum absolute atomic E-state index is 12.6. The highest BCUT2D eigenvalue weighted by Gasteiger charge is 2.35. The normalized spacial score (nSPS) is 18.1. The zero-order valence-electron chi connectivity index (χ0n) is 26.0. The van der Waals surface area contributed by atoms with Crippen molar-refractivity contribution in [3.8, 4) is 23.0 Å². The number of rotatable bonds is 12. The van der Waals surface area contributed by atoms with Crippen LogP contribution in [-0.4, -0.2) is 63.2 Å². The molecule has 3 atom stereocenters. The van der Waals surface area contributed by atoms with E-state index in [1.54, 1.807) is 47.8 Å². The van der Waals surface area contributed by atoms with Crippen LogP contribution in [0.15, 0.2) is 53.2 Å². The molecule has 5 rings (SSSR count). The van der Waals surface area contributed by atoms with Gasteiger partial charge in [-0.1, -0.05) is 0 Å². The van der Waals surface area contributed by atoms with Crippen LogP contribution in [0.2, 0.25) is 0 Å². The summed E-state index contributed by atoms with van der Waals surface area (Å²) in [6.45, 7) is 4.88. The minimum absolute atomic E-state index is 0.0260. The second-order valence-corrected chi connectivity index (χ2v) is 10.6. The molecule has 1 aliphatic heterocycles. The largest absolute Gasteiger partial charge is 0.497 e. The minimum Gasteiger partial charge on any atom is -0.497 e. The van der Waals surface area contributed by atoms with E-state index in [-0.39, 0.29) is 18.0 Å². The number of esters is 1. The van der Waals surface area contributed by atoms with Gasteiger partial charge in [0.25, 0.3) is 6.01 Å². The van der Waals surface area contributed by atoms with Crippen LogP contribution in [-0.2, 0) is 27.4 Å². The standard InChI is InChI=1S/C33H39N3O8/c1-7-42-32(37)30-13-23(12-20(2)43-30)26-16-34-17-27-31(26)44-33(35-27)36(18-21-8-10-24(38-3)14-28(21)40-5)19-22-9-11-25(39-4)15-29(22)41-6/h8-11,14-17,20,23,30H,7,12-13,18-19H2,1-6H3. The van der Waals surface area contributed by atoms with E-state index in [0.29, 0.717) is 72.7 Å². The number of benzene rings is 2. The zero-order valence-corrected chi connectivity index (χ0v) is 26.0. The second-order valence-electron chi connectivity index (χ2n) is 10.6. The van der Waals surface area contributed by atoms with Crippen LogP contribution in [0.25, 0.3) is 11.1 Å². The molecule has 3 unspecified atom stereocenters. The number of ether oxygens (including phenoxy) is 6. The lowest BCUT2D eigenvalue weighted by molar-refractivity contribution is -0.165. The van der Waals surface area contributed by atoms with Crippen molar-refractivity contribution in [2.24, 2.45) is 0 Å². The third-order valence-electron chi connectivity index (χ3n) is 7.80. The first kappa shape index (κ1) is 30.9. The molecule has 0 N–H and O–H groups in total. The van der Waals surface area contributed by atoms with Gasteiger partial charge >= 0.3 is 5.97 Å². The van der Waals surface area contributed by atoms with Gasteiger partial charge in [0.1, 0.15) is 28.5 Å². The Hall–Kier alpha value is -4.51. The molecule has 234 valence electrons. The first-order valence-corrected chi connectivity index (χ1v) is 14.6. The molecule has 1 saturated heterocycles. The Labute approximate surface area is 257 Å². The Balaban J connectivity index is 1.54. The van der Waals surface area contributed by atoms with E-state index < -0.39 is 6.10 Å². The lowest BCUT2D eigenvalue weighted by Crippen LogP contribution is -2.37. The molecular weight excluding hydrogens is 566 g/mol. The van der Waals surface area contributed by atoms with E-state index in [9.17, 15) is 4.79 Å². The Morgan fingerprint density at radius 3 is 2.11 bits per heavy atom. The van der Waals surface area contributed by atoms with Crippen molar-refractivity contribution in [1.29, 1.82) is 0 Å². The van der Waals surface area contributed by atoms with Crippen LogP contribution >= 0.6 is 0 Å².